The van der Waals surface area contributed by atoms with Gasteiger partial charge in [0.1, 0.15) is 6.73 Å². The molecule has 1 heterocycles. The van der Waals surface area contributed by atoms with Gasteiger partial charge in [0.2, 0.25) is 0 Å². The number of carbonyl (C=O) groups is 1. The molecule has 3 nitrogen and oxygen atoms in total. The van der Waals surface area contributed by atoms with Gasteiger partial charge in [-0.25, -0.2) is 0 Å². The Labute approximate surface area is 69.0 Å². The number of nitrogens with one attached hydrogen (secondary N) is 1. The first-order chi connectivity index (χ1) is 5.34. The van der Waals surface area contributed by atoms with E-state index < -0.39 is 0 Å². The van der Waals surface area contributed by atoms with Crippen molar-refractivity contribution in [3.63, 3.8) is 0 Å². The number of ether oxygens (including phenoxy) is 1. The first-order valence-electron chi connectivity index (χ1n) is 3.14. The normalized spacial score (nSPS) is 9.55. The number of amides is 1. The molecule has 0 saturated carbocycles. The van der Waals surface area contributed by atoms with Gasteiger partial charge in [-0.15, -0.1) is 0 Å². The van der Waals surface area contributed by atoms with Gasteiger partial charge in [0.05, 0.1) is 5.56 Å². The summed E-state index contributed by atoms with van der Waals surface area (Å²) in [5.41, 5.74) is 0.687. The maximum Gasteiger partial charge on any atom is 0.253 e. The molecule has 0 aliphatic carbocycles. The van der Waals surface area contributed by atoms with E-state index in [-0.39, 0.29) is 12.6 Å². The lowest BCUT2D eigenvalue weighted by Crippen LogP contribution is -2.24. The molecule has 0 aliphatic heterocycles. The predicted molar refractivity (Wildman–Crippen MR) is 43.7 cm³/mol. The SMILES string of the molecule is COCNC(=O)c1ccsc1. The van der Waals surface area contributed by atoms with Crippen LogP contribution in [0.1, 0.15) is 10.4 Å². The lowest BCUT2D eigenvalue weighted by Gasteiger charge is -1.99. The molecule has 0 atom stereocenters. The number of hydrogen-bond acceptors (Lipinski definition) is 3. The molecular formula is C7H9NO2S. The van der Waals surface area contributed by atoms with Gasteiger partial charge in [0.15, 0.2) is 0 Å². The fourth-order valence-corrected chi connectivity index (χ4v) is 1.27. The fourth-order valence-electron chi connectivity index (χ4n) is 0.633. The van der Waals surface area contributed by atoms with Gasteiger partial charge in [0.25, 0.3) is 5.91 Å². The van der Waals surface area contributed by atoms with Crippen LogP contribution in [0.3, 0.4) is 0 Å². The van der Waals surface area contributed by atoms with Crippen molar-refractivity contribution in [2.75, 3.05) is 13.8 Å². The molecule has 0 aromatic carbocycles. The minimum absolute atomic E-state index is 0.0897. The first-order valence-corrected chi connectivity index (χ1v) is 4.08. The summed E-state index contributed by atoms with van der Waals surface area (Å²) in [4.78, 5) is 11.1. The molecule has 60 valence electrons. The smallest absolute Gasteiger partial charge is 0.253 e. The molecule has 11 heavy (non-hydrogen) atoms. The fraction of sp³-hybridized carbons (Fsp3) is 0.286. The zero-order chi connectivity index (χ0) is 8.10. The van der Waals surface area contributed by atoms with Gasteiger partial charge < -0.3 is 10.1 Å². The Balaban J connectivity index is 2.43. The van der Waals surface area contributed by atoms with Crippen molar-refractivity contribution < 1.29 is 9.53 Å². The number of methoxy groups -OCH3 is 1. The highest BCUT2D eigenvalue weighted by molar-refractivity contribution is 7.08. The Morgan fingerprint density at radius 1 is 1.82 bits per heavy atom. The van der Waals surface area contributed by atoms with Gasteiger partial charge in [-0.3, -0.25) is 4.79 Å². The highest BCUT2D eigenvalue weighted by atomic mass is 32.1. The zero-order valence-electron chi connectivity index (χ0n) is 6.16. The second-order valence-corrected chi connectivity index (χ2v) is 2.73. The van der Waals surface area contributed by atoms with E-state index in [1.54, 1.807) is 11.4 Å². The van der Waals surface area contributed by atoms with E-state index in [1.807, 2.05) is 5.38 Å². The van der Waals surface area contributed by atoms with Crippen LogP contribution in [-0.2, 0) is 4.74 Å². The maximum absolute atomic E-state index is 11.1. The minimum Gasteiger partial charge on any atom is -0.364 e. The molecule has 0 spiro atoms. The molecule has 1 N–H and O–H groups in total. The van der Waals surface area contributed by atoms with Crippen LogP contribution in [0.2, 0.25) is 0 Å². The van der Waals surface area contributed by atoms with Crippen LogP contribution < -0.4 is 5.32 Å². The predicted octanol–water partition coefficient (Wildman–Crippen LogP) is 1.08. The van der Waals surface area contributed by atoms with Crippen LogP contribution in [0.25, 0.3) is 0 Å². The second-order valence-electron chi connectivity index (χ2n) is 1.95. The highest BCUT2D eigenvalue weighted by Gasteiger charge is 2.02. The van der Waals surface area contributed by atoms with Crippen LogP contribution in [0.4, 0.5) is 0 Å². The van der Waals surface area contributed by atoms with Gasteiger partial charge in [0, 0.05) is 12.5 Å². The van der Waals surface area contributed by atoms with E-state index in [2.05, 4.69) is 10.1 Å². The topological polar surface area (TPSA) is 38.3 Å². The number of rotatable bonds is 3. The van der Waals surface area contributed by atoms with E-state index in [0.717, 1.165) is 0 Å². The third-order valence-electron chi connectivity index (χ3n) is 1.16. The molecule has 0 radical (unpaired) electrons. The molecule has 1 aromatic heterocycles. The van der Waals surface area contributed by atoms with Crippen molar-refractivity contribution in [2.24, 2.45) is 0 Å². The monoisotopic (exact) mass is 171 g/mol. The Bertz CT molecular complexity index is 220. The molecule has 0 unspecified atom stereocenters. The summed E-state index contributed by atoms with van der Waals surface area (Å²) in [6.07, 6.45) is 0. The summed E-state index contributed by atoms with van der Waals surface area (Å²) >= 11 is 1.50. The van der Waals surface area contributed by atoms with Crippen molar-refractivity contribution in [1.82, 2.24) is 5.32 Å². The van der Waals surface area contributed by atoms with E-state index >= 15 is 0 Å². The molecule has 0 bridgehead atoms. The highest BCUT2D eigenvalue weighted by Crippen LogP contribution is 2.04. The molecule has 1 aromatic rings. The average molecular weight is 171 g/mol. The largest absolute Gasteiger partial charge is 0.364 e. The minimum atomic E-state index is -0.0897. The lowest BCUT2D eigenvalue weighted by atomic mass is 10.3. The van der Waals surface area contributed by atoms with Crippen molar-refractivity contribution in [1.29, 1.82) is 0 Å². The van der Waals surface area contributed by atoms with Crippen LogP contribution in [0.5, 0.6) is 0 Å². The molecule has 0 fully saturated rings. The van der Waals surface area contributed by atoms with Gasteiger partial charge in [-0.2, -0.15) is 11.3 Å². The van der Waals surface area contributed by atoms with Crippen LogP contribution in [0, 0.1) is 0 Å². The molecular weight excluding hydrogens is 162 g/mol. The van der Waals surface area contributed by atoms with Gasteiger partial charge in [-0.1, -0.05) is 0 Å². The number of hydrogen-bond donors (Lipinski definition) is 1. The summed E-state index contributed by atoms with van der Waals surface area (Å²) in [7, 11) is 1.54. The van der Waals surface area contributed by atoms with E-state index in [1.165, 1.54) is 18.4 Å². The summed E-state index contributed by atoms with van der Waals surface area (Å²) < 4.78 is 4.68. The van der Waals surface area contributed by atoms with E-state index in [9.17, 15) is 4.79 Å². The molecule has 4 heteroatoms. The van der Waals surface area contributed by atoms with Crippen LogP contribution in [0.15, 0.2) is 16.8 Å². The third-order valence-corrected chi connectivity index (χ3v) is 1.84. The van der Waals surface area contributed by atoms with Crippen LogP contribution in [-0.4, -0.2) is 19.7 Å². The second kappa shape index (κ2) is 4.10. The summed E-state index contributed by atoms with van der Waals surface area (Å²) in [6.45, 7) is 0.259. The maximum atomic E-state index is 11.1. The molecule has 1 amide bonds. The Hall–Kier alpha value is -0.870. The Morgan fingerprint density at radius 3 is 3.18 bits per heavy atom. The van der Waals surface area contributed by atoms with Crippen LogP contribution >= 0.6 is 11.3 Å². The zero-order valence-corrected chi connectivity index (χ0v) is 6.98. The van der Waals surface area contributed by atoms with Crippen molar-refractivity contribution >= 4 is 17.2 Å². The van der Waals surface area contributed by atoms with Crippen molar-refractivity contribution in [3.8, 4) is 0 Å². The average Bonchev–Trinajstić information content (AvgIpc) is 2.52. The Morgan fingerprint density at radius 2 is 2.64 bits per heavy atom. The quantitative estimate of drug-likeness (QED) is 0.691. The van der Waals surface area contributed by atoms with E-state index in [0.29, 0.717) is 5.56 Å². The molecule has 0 saturated heterocycles. The summed E-state index contributed by atoms with van der Waals surface area (Å²) in [6, 6.07) is 1.77. The summed E-state index contributed by atoms with van der Waals surface area (Å²) in [5.74, 6) is -0.0897. The number of carbonyl (C=O) groups excluding carboxylic acids is 1. The van der Waals surface area contributed by atoms with Gasteiger partial charge >= 0.3 is 0 Å². The Kier molecular flexibility index (Phi) is 3.07. The molecule has 1 rings (SSSR count). The van der Waals surface area contributed by atoms with E-state index in [4.69, 9.17) is 0 Å². The number of thiophene rings is 1. The third kappa shape index (κ3) is 2.32. The van der Waals surface area contributed by atoms with Gasteiger partial charge in [-0.05, 0) is 11.4 Å². The molecule has 0 aliphatic rings. The summed E-state index contributed by atoms with van der Waals surface area (Å²) in [5, 5.41) is 6.24. The lowest BCUT2D eigenvalue weighted by molar-refractivity contribution is 0.0872. The van der Waals surface area contributed by atoms with Crippen molar-refractivity contribution in [3.05, 3.63) is 22.4 Å². The van der Waals surface area contributed by atoms with Crippen molar-refractivity contribution in [2.45, 2.75) is 0 Å². The first kappa shape index (κ1) is 8.23. The standard InChI is InChI=1S/C7H9NO2S/c1-10-5-8-7(9)6-2-3-11-4-6/h2-4H,5H2,1H3,(H,8,9).